The van der Waals surface area contributed by atoms with Crippen LogP contribution < -0.4 is 14.8 Å². The monoisotopic (exact) mass is 313 g/mol. The summed E-state index contributed by atoms with van der Waals surface area (Å²) in [6.45, 7) is 4.27. The molecule has 4 heteroatoms. The summed E-state index contributed by atoms with van der Waals surface area (Å²) in [5.41, 5.74) is 1.85. The lowest BCUT2D eigenvalue weighted by Gasteiger charge is -2.15. The van der Waals surface area contributed by atoms with E-state index in [2.05, 4.69) is 19.2 Å². The predicted octanol–water partition coefficient (Wildman–Crippen LogP) is 4.23. The summed E-state index contributed by atoms with van der Waals surface area (Å²) in [7, 11) is 1.61. The van der Waals surface area contributed by atoms with Crippen LogP contribution >= 0.6 is 0 Å². The summed E-state index contributed by atoms with van der Waals surface area (Å²) in [6.07, 6.45) is 1.03. The Kier molecular flexibility index (Phi) is 6.03. The highest BCUT2D eigenvalue weighted by molar-refractivity contribution is 5.91. The van der Waals surface area contributed by atoms with E-state index in [9.17, 15) is 4.79 Å². The Balaban J connectivity index is 1.94. The van der Waals surface area contributed by atoms with Crippen LogP contribution in [0.25, 0.3) is 0 Å². The molecule has 0 saturated carbocycles. The number of methoxy groups -OCH3 is 1. The summed E-state index contributed by atoms with van der Waals surface area (Å²) in [5.74, 6) is 1.73. The molecule has 0 spiro atoms. The Labute approximate surface area is 137 Å². The number of carbonyl (C=O) groups is 1. The molecule has 0 aromatic heterocycles. The van der Waals surface area contributed by atoms with Gasteiger partial charge in [0.2, 0.25) is 0 Å². The van der Waals surface area contributed by atoms with Crippen LogP contribution in [0.3, 0.4) is 0 Å². The maximum Gasteiger partial charge on any atom is 0.262 e. The topological polar surface area (TPSA) is 47.6 Å². The van der Waals surface area contributed by atoms with Crippen molar-refractivity contribution in [2.75, 3.05) is 19.0 Å². The number of hydrogen-bond donors (Lipinski definition) is 1. The van der Waals surface area contributed by atoms with Crippen molar-refractivity contribution in [3.05, 3.63) is 54.1 Å². The second-order valence-corrected chi connectivity index (χ2v) is 5.41. The van der Waals surface area contributed by atoms with Crippen LogP contribution in [0.2, 0.25) is 0 Å². The van der Waals surface area contributed by atoms with E-state index in [4.69, 9.17) is 9.47 Å². The highest BCUT2D eigenvalue weighted by Gasteiger charge is 2.11. The van der Waals surface area contributed by atoms with Gasteiger partial charge in [0, 0.05) is 5.69 Å². The van der Waals surface area contributed by atoms with Gasteiger partial charge in [-0.25, -0.2) is 0 Å². The molecule has 1 unspecified atom stereocenters. The summed E-state index contributed by atoms with van der Waals surface area (Å²) in [4.78, 5) is 12.0. The summed E-state index contributed by atoms with van der Waals surface area (Å²) in [5, 5.41) is 2.81. The molecule has 2 aromatic rings. The number of carbonyl (C=O) groups excluding carboxylic acids is 1. The van der Waals surface area contributed by atoms with Crippen molar-refractivity contribution in [1.29, 1.82) is 0 Å². The van der Waals surface area contributed by atoms with E-state index < -0.39 is 0 Å². The van der Waals surface area contributed by atoms with Crippen LogP contribution in [0.15, 0.2) is 48.5 Å². The van der Waals surface area contributed by atoms with E-state index in [1.807, 2.05) is 24.3 Å². The predicted molar refractivity (Wildman–Crippen MR) is 92.3 cm³/mol. The first-order chi connectivity index (χ1) is 11.1. The maximum atomic E-state index is 12.0. The van der Waals surface area contributed by atoms with Crippen molar-refractivity contribution in [2.24, 2.45) is 0 Å². The molecule has 0 aliphatic heterocycles. The summed E-state index contributed by atoms with van der Waals surface area (Å²) < 4.78 is 10.8. The average molecular weight is 313 g/mol. The van der Waals surface area contributed by atoms with Crippen molar-refractivity contribution < 1.29 is 14.3 Å². The minimum Gasteiger partial charge on any atom is -0.497 e. The summed E-state index contributed by atoms with van der Waals surface area (Å²) >= 11 is 0. The molecule has 0 fully saturated rings. The van der Waals surface area contributed by atoms with Gasteiger partial charge in [-0.05, 0) is 48.2 Å². The van der Waals surface area contributed by atoms with Crippen LogP contribution in [0.1, 0.15) is 31.7 Å². The highest BCUT2D eigenvalue weighted by Crippen LogP contribution is 2.28. The van der Waals surface area contributed by atoms with Gasteiger partial charge in [-0.3, -0.25) is 4.79 Å². The van der Waals surface area contributed by atoms with E-state index >= 15 is 0 Å². The zero-order chi connectivity index (χ0) is 16.7. The van der Waals surface area contributed by atoms with Crippen LogP contribution in [-0.4, -0.2) is 19.6 Å². The van der Waals surface area contributed by atoms with E-state index in [-0.39, 0.29) is 12.5 Å². The molecule has 0 saturated heterocycles. The molecule has 0 bridgehead atoms. The number of benzene rings is 2. The molecule has 2 aromatic carbocycles. The molecule has 1 atom stereocenters. The fourth-order valence-corrected chi connectivity index (χ4v) is 2.25. The SMILES string of the molecule is CCC(C)c1ccccc1OCC(=O)Nc1ccc(OC)cc1. The van der Waals surface area contributed by atoms with Gasteiger partial charge in [-0.15, -0.1) is 0 Å². The van der Waals surface area contributed by atoms with Gasteiger partial charge in [-0.1, -0.05) is 32.0 Å². The quantitative estimate of drug-likeness (QED) is 0.832. The number of para-hydroxylation sites is 1. The lowest BCUT2D eigenvalue weighted by molar-refractivity contribution is -0.118. The number of anilines is 1. The number of nitrogens with one attached hydrogen (secondary N) is 1. The fourth-order valence-electron chi connectivity index (χ4n) is 2.25. The first-order valence-electron chi connectivity index (χ1n) is 7.79. The van der Waals surface area contributed by atoms with Crippen LogP contribution in [0.5, 0.6) is 11.5 Å². The zero-order valence-corrected chi connectivity index (χ0v) is 13.8. The van der Waals surface area contributed by atoms with E-state index in [0.717, 1.165) is 29.2 Å². The third-order valence-corrected chi connectivity index (χ3v) is 3.79. The third-order valence-electron chi connectivity index (χ3n) is 3.79. The van der Waals surface area contributed by atoms with Crippen LogP contribution in [0.4, 0.5) is 5.69 Å². The standard InChI is InChI=1S/C19H23NO3/c1-4-14(2)17-7-5-6-8-18(17)23-13-19(21)20-15-9-11-16(22-3)12-10-15/h5-12,14H,4,13H2,1-3H3,(H,20,21). The Hall–Kier alpha value is -2.49. The van der Waals surface area contributed by atoms with Crippen LogP contribution in [0, 0.1) is 0 Å². The number of ether oxygens (including phenoxy) is 2. The second-order valence-electron chi connectivity index (χ2n) is 5.41. The largest absolute Gasteiger partial charge is 0.497 e. The van der Waals surface area contributed by atoms with E-state index in [0.29, 0.717) is 5.92 Å². The van der Waals surface area contributed by atoms with Crippen molar-refractivity contribution in [2.45, 2.75) is 26.2 Å². The fraction of sp³-hybridized carbons (Fsp3) is 0.316. The minimum absolute atomic E-state index is 0.0144. The van der Waals surface area contributed by atoms with Crippen molar-refractivity contribution in [3.63, 3.8) is 0 Å². The first kappa shape index (κ1) is 16.9. The van der Waals surface area contributed by atoms with Gasteiger partial charge in [0.25, 0.3) is 5.91 Å². The third kappa shape index (κ3) is 4.74. The number of amides is 1. The summed E-state index contributed by atoms with van der Waals surface area (Å²) in [6, 6.07) is 15.1. The molecule has 122 valence electrons. The Bertz CT molecular complexity index is 637. The second kappa shape index (κ2) is 8.22. The minimum atomic E-state index is -0.186. The van der Waals surface area contributed by atoms with Crippen molar-refractivity contribution in [1.82, 2.24) is 0 Å². The highest BCUT2D eigenvalue weighted by atomic mass is 16.5. The average Bonchev–Trinajstić information content (AvgIpc) is 2.60. The van der Waals surface area contributed by atoms with E-state index in [1.165, 1.54) is 0 Å². The molecule has 2 rings (SSSR count). The Morgan fingerprint density at radius 3 is 2.48 bits per heavy atom. The lowest BCUT2D eigenvalue weighted by atomic mass is 9.98. The number of hydrogen-bond acceptors (Lipinski definition) is 3. The molecule has 0 radical (unpaired) electrons. The Morgan fingerprint density at radius 1 is 1.13 bits per heavy atom. The van der Waals surface area contributed by atoms with Gasteiger partial charge in [0.05, 0.1) is 7.11 Å². The molecule has 4 nitrogen and oxygen atoms in total. The molecule has 0 heterocycles. The zero-order valence-electron chi connectivity index (χ0n) is 13.8. The smallest absolute Gasteiger partial charge is 0.262 e. The molecular formula is C19H23NO3. The molecular weight excluding hydrogens is 290 g/mol. The first-order valence-corrected chi connectivity index (χ1v) is 7.79. The molecule has 0 aliphatic carbocycles. The van der Waals surface area contributed by atoms with Gasteiger partial charge in [0.1, 0.15) is 11.5 Å². The Morgan fingerprint density at radius 2 is 1.83 bits per heavy atom. The van der Waals surface area contributed by atoms with Crippen LogP contribution in [-0.2, 0) is 4.79 Å². The molecule has 1 N–H and O–H groups in total. The lowest BCUT2D eigenvalue weighted by Crippen LogP contribution is -2.20. The molecule has 1 amide bonds. The van der Waals surface area contributed by atoms with Gasteiger partial charge in [0.15, 0.2) is 6.61 Å². The molecule has 0 aliphatic rings. The maximum absolute atomic E-state index is 12.0. The number of rotatable bonds is 7. The normalized spacial score (nSPS) is 11.6. The van der Waals surface area contributed by atoms with Gasteiger partial charge >= 0.3 is 0 Å². The molecule has 23 heavy (non-hydrogen) atoms. The van der Waals surface area contributed by atoms with Crippen molar-refractivity contribution >= 4 is 11.6 Å². The van der Waals surface area contributed by atoms with Gasteiger partial charge in [-0.2, -0.15) is 0 Å². The van der Waals surface area contributed by atoms with Gasteiger partial charge < -0.3 is 14.8 Å². The van der Waals surface area contributed by atoms with E-state index in [1.54, 1.807) is 31.4 Å². The van der Waals surface area contributed by atoms with Crippen molar-refractivity contribution in [3.8, 4) is 11.5 Å².